The zero-order valence-electron chi connectivity index (χ0n) is 11.9. The van der Waals surface area contributed by atoms with Crippen molar-refractivity contribution in [2.45, 2.75) is 39.2 Å². The third-order valence-corrected chi connectivity index (χ3v) is 3.17. The van der Waals surface area contributed by atoms with Crippen LogP contribution in [0.2, 0.25) is 5.15 Å². The van der Waals surface area contributed by atoms with Crippen molar-refractivity contribution in [2.75, 3.05) is 20.6 Å². The highest BCUT2D eigenvalue weighted by Crippen LogP contribution is 2.13. The van der Waals surface area contributed by atoms with Gasteiger partial charge in [0.05, 0.1) is 5.69 Å². The molecule has 1 heterocycles. The van der Waals surface area contributed by atoms with E-state index in [0.29, 0.717) is 24.7 Å². The van der Waals surface area contributed by atoms with E-state index >= 15 is 0 Å². The van der Waals surface area contributed by atoms with Crippen molar-refractivity contribution in [2.24, 2.45) is 0 Å². The van der Waals surface area contributed by atoms with Gasteiger partial charge in [-0.1, -0.05) is 24.9 Å². The van der Waals surface area contributed by atoms with Crippen LogP contribution in [-0.4, -0.2) is 41.4 Å². The van der Waals surface area contributed by atoms with Crippen LogP contribution in [0, 0.1) is 0 Å². The maximum absolute atomic E-state index is 11.4. The molecule has 0 aliphatic rings. The number of halogens is 1. The fourth-order valence-corrected chi connectivity index (χ4v) is 1.87. The van der Waals surface area contributed by atoms with Crippen molar-refractivity contribution in [3.05, 3.63) is 16.7 Å². The minimum atomic E-state index is 0.117. The number of unbranched alkanes of at least 4 members (excludes halogenated alkanes) is 1. The standard InChI is InChI=1S/C13H23ClN4O/c1-4-5-6-11-16-10(13(14)17-11)9-15-8-7-12(19)18(2)3/h15H,4-9H2,1-3H3,(H,16,17). The van der Waals surface area contributed by atoms with Crippen LogP contribution in [0.3, 0.4) is 0 Å². The highest BCUT2D eigenvalue weighted by Gasteiger charge is 2.08. The smallest absolute Gasteiger partial charge is 0.223 e. The van der Waals surface area contributed by atoms with Crippen LogP contribution in [0.15, 0.2) is 0 Å². The Labute approximate surface area is 119 Å². The van der Waals surface area contributed by atoms with Crippen LogP contribution < -0.4 is 5.32 Å². The van der Waals surface area contributed by atoms with Crippen molar-refractivity contribution in [3.8, 4) is 0 Å². The minimum absolute atomic E-state index is 0.117. The van der Waals surface area contributed by atoms with Crippen LogP contribution in [-0.2, 0) is 17.8 Å². The molecule has 1 rings (SSSR count). The molecule has 6 heteroatoms. The second-order valence-corrected chi connectivity index (χ2v) is 5.13. The molecule has 1 aromatic heterocycles. The van der Waals surface area contributed by atoms with Gasteiger partial charge < -0.3 is 15.2 Å². The summed E-state index contributed by atoms with van der Waals surface area (Å²) in [5, 5.41) is 3.72. The van der Waals surface area contributed by atoms with Crippen LogP contribution in [0.25, 0.3) is 0 Å². The first kappa shape index (κ1) is 16.0. The van der Waals surface area contributed by atoms with E-state index in [9.17, 15) is 4.79 Å². The van der Waals surface area contributed by atoms with Crippen molar-refractivity contribution in [3.63, 3.8) is 0 Å². The third kappa shape index (κ3) is 5.61. The molecule has 0 aliphatic carbocycles. The first-order chi connectivity index (χ1) is 9.04. The molecule has 5 nitrogen and oxygen atoms in total. The number of nitrogens with zero attached hydrogens (tertiary/aromatic N) is 2. The molecular weight excluding hydrogens is 264 g/mol. The number of rotatable bonds is 8. The predicted octanol–water partition coefficient (Wildman–Crippen LogP) is 1.97. The van der Waals surface area contributed by atoms with E-state index in [4.69, 9.17) is 11.6 Å². The number of hydrogen-bond donors (Lipinski definition) is 2. The molecule has 2 N–H and O–H groups in total. The van der Waals surface area contributed by atoms with Gasteiger partial charge in [-0.15, -0.1) is 0 Å². The van der Waals surface area contributed by atoms with Gasteiger partial charge in [0.1, 0.15) is 5.82 Å². The summed E-state index contributed by atoms with van der Waals surface area (Å²) in [7, 11) is 3.52. The van der Waals surface area contributed by atoms with Gasteiger partial charge in [-0.2, -0.15) is 0 Å². The van der Waals surface area contributed by atoms with Gasteiger partial charge in [-0.25, -0.2) is 4.98 Å². The van der Waals surface area contributed by atoms with Gasteiger partial charge in [-0.3, -0.25) is 4.79 Å². The summed E-state index contributed by atoms with van der Waals surface area (Å²) in [6.45, 7) is 3.39. The number of amides is 1. The van der Waals surface area contributed by atoms with E-state index in [1.54, 1.807) is 19.0 Å². The number of aromatic amines is 1. The first-order valence-corrected chi connectivity index (χ1v) is 7.06. The average molecular weight is 287 g/mol. The van der Waals surface area contributed by atoms with Gasteiger partial charge in [-0.05, 0) is 6.42 Å². The zero-order valence-corrected chi connectivity index (χ0v) is 12.7. The van der Waals surface area contributed by atoms with Crippen LogP contribution in [0.5, 0.6) is 0 Å². The molecule has 0 bridgehead atoms. The number of aromatic nitrogens is 2. The Morgan fingerprint density at radius 2 is 2.21 bits per heavy atom. The Morgan fingerprint density at radius 3 is 2.84 bits per heavy atom. The molecule has 0 radical (unpaired) electrons. The number of imidazole rings is 1. The van der Waals surface area contributed by atoms with E-state index < -0.39 is 0 Å². The molecule has 0 aromatic carbocycles. The molecule has 0 aliphatic heterocycles. The molecule has 0 unspecified atom stereocenters. The van der Waals surface area contributed by atoms with Crippen molar-refractivity contribution in [1.82, 2.24) is 20.2 Å². The van der Waals surface area contributed by atoms with Gasteiger partial charge in [0, 0.05) is 40.0 Å². The van der Waals surface area contributed by atoms with E-state index in [0.717, 1.165) is 30.8 Å². The Morgan fingerprint density at radius 1 is 1.47 bits per heavy atom. The van der Waals surface area contributed by atoms with Crippen LogP contribution in [0.1, 0.15) is 37.7 Å². The second-order valence-electron chi connectivity index (χ2n) is 4.77. The summed E-state index contributed by atoms with van der Waals surface area (Å²) in [5.41, 5.74) is 0.894. The average Bonchev–Trinajstić information content (AvgIpc) is 2.72. The summed E-state index contributed by atoms with van der Waals surface area (Å²) >= 11 is 6.06. The molecule has 1 amide bonds. The van der Waals surface area contributed by atoms with Crippen LogP contribution in [0.4, 0.5) is 0 Å². The van der Waals surface area contributed by atoms with Gasteiger partial charge in [0.2, 0.25) is 5.91 Å². The maximum Gasteiger partial charge on any atom is 0.223 e. The zero-order chi connectivity index (χ0) is 14.3. The topological polar surface area (TPSA) is 61.0 Å². The van der Waals surface area contributed by atoms with Gasteiger partial charge in [0.15, 0.2) is 5.15 Å². The van der Waals surface area contributed by atoms with E-state index in [1.807, 2.05) is 0 Å². The molecule has 108 valence electrons. The summed E-state index contributed by atoms with van der Waals surface area (Å²) in [6, 6.07) is 0. The first-order valence-electron chi connectivity index (χ1n) is 6.68. The Balaban J connectivity index is 2.33. The number of H-pyrrole nitrogens is 1. The normalized spacial score (nSPS) is 10.7. The van der Waals surface area contributed by atoms with Gasteiger partial charge in [0.25, 0.3) is 0 Å². The molecule has 0 atom stereocenters. The summed E-state index contributed by atoms with van der Waals surface area (Å²) in [6.07, 6.45) is 3.66. The molecule has 0 fully saturated rings. The lowest BCUT2D eigenvalue weighted by Gasteiger charge is -2.10. The quantitative estimate of drug-likeness (QED) is 0.718. The number of nitrogens with one attached hydrogen (secondary N) is 2. The van der Waals surface area contributed by atoms with Gasteiger partial charge >= 0.3 is 0 Å². The number of carbonyl (C=O) groups is 1. The minimum Gasteiger partial charge on any atom is -0.349 e. The highest BCUT2D eigenvalue weighted by atomic mass is 35.5. The second kappa shape index (κ2) is 8.17. The molecule has 19 heavy (non-hydrogen) atoms. The molecule has 0 saturated heterocycles. The third-order valence-electron chi connectivity index (χ3n) is 2.86. The molecule has 0 spiro atoms. The van der Waals surface area contributed by atoms with Crippen molar-refractivity contribution < 1.29 is 4.79 Å². The van der Waals surface area contributed by atoms with Crippen LogP contribution >= 0.6 is 11.6 Å². The number of aryl methyl sites for hydroxylation is 1. The van der Waals surface area contributed by atoms with E-state index in [2.05, 4.69) is 22.2 Å². The van der Waals surface area contributed by atoms with Crippen molar-refractivity contribution in [1.29, 1.82) is 0 Å². The maximum atomic E-state index is 11.4. The Bertz CT molecular complexity index is 403. The molecular formula is C13H23ClN4O. The molecule has 1 aromatic rings. The number of carbonyl (C=O) groups excluding carboxylic acids is 1. The lowest BCUT2D eigenvalue weighted by molar-refractivity contribution is -0.128. The van der Waals surface area contributed by atoms with Crippen molar-refractivity contribution >= 4 is 17.5 Å². The fourth-order valence-electron chi connectivity index (χ4n) is 1.65. The fraction of sp³-hybridized carbons (Fsp3) is 0.692. The lowest BCUT2D eigenvalue weighted by Crippen LogP contribution is -2.26. The largest absolute Gasteiger partial charge is 0.349 e. The van der Waals surface area contributed by atoms with E-state index in [1.165, 1.54) is 0 Å². The highest BCUT2D eigenvalue weighted by molar-refractivity contribution is 6.30. The molecule has 0 saturated carbocycles. The summed E-state index contributed by atoms with van der Waals surface area (Å²) < 4.78 is 0. The monoisotopic (exact) mass is 286 g/mol. The Hall–Kier alpha value is -1.07. The summed E-state index contributed by atoms with van der Waals surface area (Å²) in [5.74, 6) is 1.06. The lowest BCUT2D eigenvalue weighted by atomic mass is 10.2. The predicted molar refractivity (Wildman–Crippen MR) is 77.2 cm³/mol. The Kier molecular flexibility index (Phi) is 6.87. The summed E-state index contributed by atoms with van der Waals surface area (Å²) in [4.78, 5) is 20.5. The number of hydrogen-bond acceptors (Lipinski definition) is 3. The SMILES string of the molecule is CCCCc1nc(Cl)c(CNCCC(=O)N(C)C)[nH]1. The van der Waals surface area contributed by atoms with E-state index in [-0.39, 0.29) is 5.91 Å².